The third kappa shape index (κ3) is 47.7. The lowest BCUT2D eigenvalue weighted by molar-refractivity contribution is 0.105. The minimum absolute atomic E-state index is 0.333. The van der Waals surface area contributed by atoms with Gasteiger partial charge in [-0.15, -0.1) is 0 Å². The van der Waals surface area contributed by atoms with Gasteiger partial charge < -0.3 is 16.6 Å². The van der Waals surface area contributed by atoms with E-state index < -0.39 is 17.1 Å². The highest BCUT2D eigenvalue weighted by Crippen LogP contribution is 1.74. The first-order chi connectivity index (χ1) is 4.79. The molecule has 0 atom stereocenters. The molecule has 0 fully saturated rings. The Hall–Kier alpha value is -0.900. The zero-order valence-corrected chi connectivity index (χ0v) is 6.34. The van der Waals surface area contributed by atoms with E-state index in [1.165, 1.54) is 0 Å². The van der Waals surface area contributed by atoms with E-state index in [4.69, 9.17) is 10.5 Å². The summed E-state index contributed by atoms with van der Waals surface area (Å²) in [5, 5.41) is 18.0. The molecule has 0 aromatic carbocycles. The fraction of sp³-hybridized carbons (Fsp3) is 0.500. The van der Waals surface area contributed by atoms with Crippen LogP contribution in [0.4, 0.5) is 0 Å². The summed E-state index contributed by atoms with van der Waals surface area (Å²) in [6, 6.07) is 0. The Morgan fingerprint density at radius 2 is 1.82 bits per heavy atom. The van der Waals surface area contributed by atoms with Gasteiger partial charge >= 0.3 is 10.3 Å². The van der Waals surface area contributed by atoms with Crippen molar-refractivity contribution in [3.05, 3.63) is 0 Å². The second kappa shape index (κ2) is 5.85. The predicted octanol–water partition coefficient (Wildman–Crippen LogP) is -3.01. The van der Waals surface area contributed by atoms with Crippen LogP contribution in [0.2, 0.25) is 0 Å². The van der Waals surface area contributed by atoms with Crippen molar-refractivity contribution >= 4 is 16.3 Å². The molecular weight excluding hydrogens is 176 g/mol. The van der Waals surface area contributed by atoms with Crippen molar-refractivity contribution in [2.75, 3.05) is 6.79 Å². The Kier molecular flexibility index (Phi) is 6.78. The molecule has 0 aromatic rings. The van der Waals surface area contributed by atoms with Gasteiger partial charge in [0.05, 0.1) is 0 Å². The van der Waals surface area contributed by atoms with Gasteiger partial charge in [0.2, 0.25) is 0 Å². The van der Waals surface area contributed by atoms with Gasteiger partial charge in [-0.2, -0.15) is 8.42 Å². The first-order valence-electron chi connectivity index (χ1n) is 2.17. The van der Waals surface area contributed by atoms with Crippen molar-refractivity contribution in [2.24, 2.45) is 16.6 Å². The van der Waals surface area contributed by atoms with Crippen LogP contribution in [-0.4, -0.2) is 26.3 Å². The molecule has 0 heterocycles. The van der Waals surface area contributed by atoms with Crippen LogP contribution in [0.15, 0.2) is 0 Å². The van der Waals surface area contributed by atoms with Gasteiger partial charge in [-0.3, -0.25) is 5.41 Å². The van der Waals surface area contributed by atoms with Crippen LogP contribution < -0.4 is 16.6 Å². The molecule has 68 valence electrons. The van der Waals surface area contributed by atoms with E-state index >= 15 is 0 Å². The third-order valence-electron chi connectivity index (χ3n) is 0.217. The number of aliphatic hydroxyl groups is 1. The number of hydrogen-bond acceptors (Lipinski definition) is 5. The zero-order valence-electron chi connectivity index (χ0n) is 5.52. The van der Waals surface area contributed by atoms with Crippen molar-refractivity contribution in [1.29, 1.82) is 5.41 Å². The Morgan fingerprint density at radius 3 is 1.82 bits per heavy atom. The van der Waals surface area contributed by atoms with Crippen LogP contribution in [-0.2, 0) is 14.5 Å². The normalized spacial score (nSPS) is 9.64. The van der Waals surface area contributed by atoms with E-state index in [1.807, 2.05) is 0 Å². The standard InChI is InChI=1S/CH5N3.CH5NO4S/c2-1(3)4;2-7(4,5)6-1-3/h(H5,2,3,4);3H,1H2,(H2,2,4,5). The predicted molar refractivity (Wildman–Crippen MR) is 37.4 cm³/mol. The molecule has 8 nitrogen and oxygen atoms in total. The summed E-state index contributed by atoms with van der Waals surface area (Å²) in [5.74, 6) is -0.333. The molecule has 0 aliphatic heterocycles. The van der Waals surface area contributed by atoms with E-state index in [-0.39, 0.29) is 5.96 Å². The molecule has 0 aliphatic carbocycles. The molecule has 0 radical (unpaired) electrons. The Bertz CT molecular complexity index is 194. The first-order valence-corrected chi connectivity index (χ1v) is 3.64. The fourth-order valence-electron chi connectivity index (χ4n) is 0.0735. The summed E-state index contributed by atoms with van der Waals surface area (Å²) in [5.41, 5.74) is 8.94. The molecule has 0 amide bonds. The van der Waals surface area contributed by atoms with Crippen molar-refractivity contribution < 1.29 is 17.7 Å². The van der Waals surface area contributed by atoms with Crippen molar-refractivity contribution in [2.45, 2.75) is 0 Å². The number of nitrogens with one attached hydrogen (secondary N) is 1. The molecule has 0 unspecified atom stereocenters. The van der Waals surface area contributed by atoms with Crippen LogP contribution in [0.5, 0.6) is 0 Å². The molecule has 0 aliphatic rings. The van der Waals surface area contributed by atoms with Crippen LogP contribution >= 0.6 is 0 Å². The summed E-state index contributed by atoms with van der Waals surface area (Å²) in [7, 11) is -3.92. The molecule has 0 spiro atoms. The summed E-state index contributed by atoms with van der Waals surface area (Å²) in [6.45, 7) is -0.904. The smallest absolute Gasteiger partial charge is 0.335 e. The van der Waals surface area contributed by atoms with Crippen molar-refractivity contribution in [3.8, 4) is 0 Å². The van der Waals surface area contributed by atoms with Crippen LogP contribution in [0.1, 0.15) is 0 Å². The van der Waals surface area contributed by atoms with E-state index in [2.05, 4.69) is 20.8 Å². The highest BCUT2D eigenvalue weighted by atomic mass is 32.2. The Morgan fingerprint density at radius 1 is 1.55 bits per heavy atom. The molecule has 0 saturated heterocycles. The molecule has 9 heteroatoms. The monoisotopic (exact) mass is 186 g/mol. The van der Waals surface area contributed by atoms with Crippen LogP contribution in [0.3, 0.4) is 0 Å². The number of aliphatic hydroxyl groups excluding tert-OH is 1. The van der Waals surface area contributed by atoms with Gasteiger partial charge in [0.15, 0.2) is 12.8 Å². The summed E-state index contributed by atoms with van der Waals surface area (Å²) < 4.78 is 22.8. The number of guanidine groups is 1. The summed E-state index contributed by atoms with van der Waals surface area (Å²) in [4.78, 5) is 0. The lowest BCUT2D eigenvalue weighted by atomic mass is 11.1. The van der Waals surface area contributed by atoms with Gasteiger partial charge in [0.1, 0.15) is 0 Å². The maximum Gasteiger partial charge on any atom is 0.335 e. The molecule has 11 heavy (non-hydrogen) atoms. The highest BCUT2D eigenvalue weighted by molar-refractivity contribution is 7.84. The van der Waals surface area contributed by atoms with Gasteiger partial charge in [-0.05, 0) is 0 Å². The molecule has 8 N–H and O–H groups in total. The third-order valence-corrected chi connectivity index (χ3v) is 0.651. The molecular formula is C2H10N4O4S. The number of rotatable bonds is 2. The second-order valence-corrected chi connectivity index (χ2v) is 2.42. The van der Waals surface area contributed by atoms with Gasteiger partial charge in [0.25, 0.3) is 0 Å². The maximum absolute atomic E-state index is 9.63. The minimum atomic E-state index is -3.92. The van der Waals surface area contributed by atoms with Crippen molar-refractivity contribution in [1.82, 2.24) is 0 Å². The SMILES string of the molecule is N=C(N)N.NS(=O)(=O)OCO. The van der Waals surface area contributed by atoms with Gasteiger partial charge in [-0.25, -0.2) is 9.32 Å². The van der Waals surface area contributed by atoms with E-state index in [9.17, 15) is 8.42 Å². The molecule has 0 saturated carbocycles. The number of nitrogens with two attached hydrogens (primary N) is 3. The van der Waals surface area contributed by atoms with E-state index in [0.717, 1.165) is 0 Å². The lowest BCUT2D eigenvalue weighted by Crippen LogP contribution is -2.20. The van der Waals surface area contributed by atoms with Crippen LogP contribution in [0.25, 0.3) is 0 Å². The second-order valence-electron chi connectivity index (χ2n) is 1.20. The average molecular weight is 186 g/mol. The largest absolute Gasteiger partial charge is 0.370 e. The first kappa shape index (κ1) is 12.7. The Balaban J connectivity index is 0. The summed E-state index contributed by atoms with van der Waals surface area (Å²) >= 11 is 0. The van der Waals surface area contributed by atoms with E-state index in [1.54, 1.807) is 0 Å². The quantitative estimate of drug-likeness (QED) is 0.175. The van der Waals surface area contributed by atoms with E-state index in [0.29, 0.717) is 0 Å². The minimum Gasteiger partial charge on any atom is -0.370 e. The molecule has 0 bridgehead atoms. The van der Waals surface area contributed by atoms with Crippen molar-refractivity contribution in [3.63, 3.8) is 0 Å². The maximum atomic E-state index is 9.63. The molecule has 0 rings (SSSR count). The van der Waals surface area contributed by atoms with Gasteiger partial charge in [-0.1, -0.05) is 0 Å². The lowest BCUT2D eigenvalue weighted by Gasteiger charge is -1.89. The van der Waals surface area contributed by atoms with Gasteiger partial charge in [0, 0.05) is 0 Å². The highest BCUT2D eigenvalue weighted by Gasteiger charge is 1.96. The number of hydrogen-bond donors (Lipinski definition) is 5. The Labute approximate surface area is 63.7 Å². The zero-order chi connectivity index (χ0) is 9.49. The fourth-order valence-corrected chi connectivity index (χ4v) is 0.220. The average Bonchev–Trinajstić information content (AvgIpc) is 1.58. The topological polar surface area (TPSA) is 166 Å². The molecule has 0 aromatic heterocycles. The van der Waals surface area contributed by atoms with Crippen LogP contribution in [0, 0.1) is 5.41 Å². The summed E-state index contributed by atoms with van der Waals surface area (Å²) in [6.07, 6.45) is 0.